The van der Waals surface area contributed by atoms with Crippen molar-refractivity contribution >= 4 is 28.9 Å². The average molecular weight is 413 g/mol. The third kappa shape index (κ3) is 2.84. The van der Waals surface area contributed by atoms with Crippen LogP contribution in [0.2, 0.25) is 10.0 Å². The minimum Gasteiger partial charge on any atom is -0.464 e. The van der Waals surface area contributed by atoms with Crippen molar-refractivity contribution in [2.75, 3.05) is 0 Å². The van der Waals surface area contributed by atoms with Crippen molar-refractivity contribution in [3.8, 4) is 5.75 Å². The van der Waals surface area contributed by atoms with Gasteiger partial charge in [0.25, 0.3) is 0 Å². The SMILES string of the molecule is Fc1cccc(Cl)c1[C@@H]1Oc2ccc(Cl)cc2[C@H]2CC(c3ccccc3)=NN21. The maximum absolute atomic E-state index is 14.7. The lowest BCUT2D eigenvalue weighted by atomic mass is 9.96. The van der Waals surface area contributed by atoms with Crippen LogP contribution in [-0.4, -0.2) is 10.7 Å². The van der Waals surface area contributed by atoms with E-state index >= 15 is 0 Å². The van der Waals surface area contributed by atoms with E-state index in [9.17, 15) is 4.39 Å². The minimum atomic E-state index is -0.756. The van der Waals surface area contributed by atoms with Crippen LogP contribution in [0.1, 0.15) is 35.4 Å². The zero-order valence-electron chi connectivity index (χ0n) is 14.6. The fraction of sp³-hybridized carbons (Fsp3) is 0.136. The lowest BCUT2D eigenvalue weighted by molar-refractivity contribution is -0.0211. The molecule has 3 aromatic carbocycles. The molecular formula is C22H15Cl2FN2O. The Bertz CT molecular complexity index is 1070. The number of hydrogen-bond acceptors (Lipinski definition) is 3. The van der Waals surface area contributed by atoms with Crippen LogP contribution in [0.15, 0.2) is 71.8 Å². The highest BCUT2D eigenvalue weighted by molar-refractivity contribution is 6.31. The molecule has 28 heavy (non-hydrogen) atoms. The van der Waals surface area contributed by atoms with Crippen molar-refractivity contribution in [2.45, 2.75) is 18.7 Å². The van der Waals surface area contributed by atoms with Crippen molar-refractivity contribution in [1.29, 1.82) is 0 Å². The third-order valence-corrected chi connectivity index (χ3v) is 5.67. The molecular weight excluding hydrogens is 398 g/mol. The van der Waals surface area contributed by atoms with Crippen LogP contribution < -0.4 is 4.74 Å². The highest BCUT2D eigenvalue weighted by Crippen LogP contribution is 2.49. The van der Waals surface area contributed by atoms with Crippen LogP contribution in [0.5, 0.6) is 5.75 Å². The first kappa shape index (κ1) is 17.5. The monoisotopic (exact) mass is 412 g/mol. The van der Waals surface area contributed by atoms with Gasteiger partial charge in [-0.2, -0.15) is 5.10 Å². The summed E-state index contributed by atoms with van der Waals surface area (Å²) in [5.41, 5.74) is 3.16. The highest BCUT2D eigenvalue weighted by atomic mass is 35.5. The van der Waals surface area contributed by atoms with E-state index in [4.69, 9.17) is 33.0 Å². The zero-order chi connectivity index (χ0) is 19.3. The van der Waals surface area contributed by atoms with Crippen molar-refractivity contribution in [3.63, 3.8) is 0 Å². The van der Waals surface area contributed by atoms with Crippen LogP contribution in [0.25, 0.3) is 0 Å². The van der Waals surface area contributed by atoms with Gasteiger partial charge in [0.2, 0.25) is 6.23 Å². The first-order valence-corrected chi connectivity index (χ1v) is 9.68. The second-order valence-corrected chi connectivity index (χ2v) is 7.64. The molecule has 6 heteroatoms. The Balaban J connectivity index is 1.66. The minimum absolute atomic E-state index is 0.113. The highest BCUT2D eigenvalue weighted by Gasteiger charge is 2.42. The third-order valence-electron chi connectivity index (χ3n) is 5.11. The number of halogens is 3. The fourth-order valence-electron chi connectivity index (χ4n) is 3.80. The van der Waals surface area contributed by atoms with Crippen LogP contribution in [0.4, 0.5) is 4.39 Å². The molecule has 2 heterocycles. The predicted octanol–water partition coefficient (Wildman–Crippen LogP) is 6.37. The zero-order valence-corrected chi connectivity index (χ0v) is 16.2. The van der Waals surface area contributed by atoms with Gasteiger partial charge in [0, 0.05) is 17.0 Å². The standard InChI is InChI=1S/C22H15Cl2FN2O/c23-14-9-10-20-15(11-14)19-12-18(13-5-2-1-3-6-13)26-27(19)22(28-20)21-16(24)7-4-8-17(21)25/h1-11,19,22H,12H2/t19-,22+/m1/s1. The molecule has 140 valence electrons. The number of rotatable bonds is 2. The molecule has 2 atom stereocenters. The molecule has 0 bridgehead atoms. The van der Waals surface area contributed by atoms with E-state index in [0.717, 1.165) is 16.8 Å². The lowest BCUT2D eigenvalue weighted by Crippen LogP contribution is -2.34. The van der Waals surface area contributed by atoms with E-state index < -0.39 is 12.0 Å². The summed E-state index contributed by atoms with van der Waals surface area (Å²) in [5.74, 6) is 0.247. The van der Waals surface area contributed by atoms with Gasteiger partial charge in [-0.25, -0.2) is 9.40 Å². The van der Waals surface area contributed by atoms with Crippen LogP contribution >= 0.6 is 23.2 Å². The van der Waals surface area contributed by atoms with Gasteiger partial charge >= 0.3 is 0 Å². The second kappa shape index (κ2) is 6.80. The molecule has 0 saturated heterocycles. The topological polar surface area (TPSA) is 24.8 Å². The van der Waals surface area contributed by atoms with Gasteiger partial charge in [-0.3, -0.25) is 0 Å². The molecule has 2 aliphatic rings. The summed E-state index contributed by atoms with van der Waals surface area (Å²) < 4.78 is 20.9. The Hall–Kier alpha value is -2.56. The van der Waals surface area contributed by atoms with Crippen LogP contribution in [-0.2, 0) is 0 Å². The van der Waals surface area contributed by atoms with Gasteiger partial charge in [0.05, 0.1) is 22.3 Å². The summed E-state index contributed by atoms with van der Waals surface area (Å²) in [6.45, 7) is 0. The van der Waals surface area contributed by atoms with Crippen LogP contribution in [0.3, 0.4) is 0 Å². The first-order valence-electron chi connectivity index (χ1n) is 8.93. The molecule has 2 aliphatic heterocycles. The Morgan fingerprint density at radius 2 is 1.82 bits per heavy atom. The van der Waals surface area contributed by atoms with Crippen LogP contribution in [0, 0.1) is 5.82 Å². The summed E-state index contributed by atoms with van der Waals surface area (Å²) in [4.78, 5) is 0. The fourth-order valence-corrected chi connectivity index (χ4v) is 4.24. The number of nitrogens with zero attached hydrogens (tertiary/aromatic N) is 2. The van der Waals surface area contributed by atoms with Crippen molar-refractivity contribution < 1.29 is 9.13 Å². The summed E-state index contributed by atoms with van der Waals surface area (Å²) in [7, 11) is 0. The van der Waals surface area contributed by atoms with Crippen molar-refractivity contribution in [2.24, 2.45) is 5.10 Å². The van der Waals surface area contributed by atoms with E-state index in [1.807, 2.05) is 42.5 Å². The Morgan fingerprint density at radius 3 is 2.61 bits per heavy atom. The normalized spacial score (nSPS) is 20.2. The molecule has 0 saturated carbocycles. The molecule has 0 amide bonds. The number of hydrogen-bond donors (Lipinski definition) is 0. The van der Waals surface area contributed by atoms with E-state index in [-0.39, 0.29) is 11.6 Å². The van der Waals surface area contributed by atoms with Gasteiger partial charge in [0.15, 0.2) is 0 Å². The van der Waals surface area contributed by atoms with Gasteiger partial charge in [-0.05, 0) is 35.9 Å². The number of hydrazone groups is 1. The number of ether oxygens (including phenoxy) is 1. The Kier molecular flexibility index (Phi) is 4.26. The molecule has 0 aromatic heterocycles. The molecule has 0 unspecified atom stereocenters. The number of benzene rings is 3. The maximum atomic E-state index is 14.7. The Labute approximate surface area is 172 Å². The van der Waals surface area contributed by atoms with Gasteiger partial charge in [0.1, 0.15) is 11.6 Å². The Morgan fingerprint density at radius 1 is 1.00 bits per heavy atom. The molecule has 0 radical (unpaired) electrons. The molecule has 5 rings (SSSR count). The molecule has 0 N–H and O–H groups in total. The number of fused-ring (bicyclic) bond motifs is 3. The van der Waals surface area contributed by atoms with E-state index in [1.165, 1.54) is 6.07 Å². The largest absolute Gasteiger partial charge is 0.464 e. The van der Waals surface area contributed by atoms with Gasteiger partial charge in [-0.1, -0.05) is 59.6 Å². The molecule has 3 aromatic rings. The van der Waals surface area contributed by atoms with Crippen molar-refractivity contribution in [1.82, 2.24) is 5.01 Å². The maximum Gasteiger partial charge on any atom is 0.218 e. The van der Waals surface area contributed by atoms with E-state index in [2.05, 4.69) is 0 Å². The van der Waals surface area contributed by atoms with Crippen molar-refractivity contribution in [3.05, 3.63) is 99.3 Å². The predicted molar refractivity (Wildman–Crippen MR) is 108 cm³/mol. The molecule has 0 spiro atoms. The first-order chi connectivity index (χ1) is 13.6. The summed E-state index contributed by atoms with van der Waals surface area (Å²) in [5, 5.41) is 7.54. The molecule has 3 nitrogen and oxygen atoms in total. The summed E-state index contributed by atoms with van der Waals surface area (Å²) in [6, 6.07) is 19.9. The van der Waals surface area contributed by atoms with Gasteiger partial charge in [-0.15, -0.1) is 0 Å². The quantitative estimate of drug-likeness (QED) is 0.487. The van der Waals surface area contributed by atoms with E-state index in [0.29, 0.717) is 22.2 Å². The average Bonchev–Trinajstić information content (AvgIpc) is 3.15. The molecule has 0 aliphatic carbocycles. The molecule has 0 fully saturated rings. The lowest BCUT2D eigenvalue weighted by Gasteiger charge is -2.38. The second-order valence-electron chi connectivity index (χ2n) is 6.80. The van der Waals surface area contributed by atoms with Gasteiger partial charge < -0.3 is 4.74 Å². The smallest absolute Gasteiger partial charge is 0.218 e. The summed E-state index contributed by atoms with van der Waals surface area (Å²) >= 11 is 12.6. The summed E-state index contributed by atoms with van der Waals surface area (Å²) in [6.07, 6.45) is -0.0860. The van der Waals surface area contributed by atoms with E-state index in [1.54, 1.807) is 23.2 Å².